The van der Waals surface area contributed by atoms with E-state index in [9.17, 15) is 4.79 Å². The van der Waals surface area contributed by atoms with Gasteiger partial charge in [-0.2, -0.15) is 0 Å². The van der Waals surface area contributed by atoms with Crippen LogP contribution in [-0.2, 0) is 17.6 Å². The Morgan fingerprint density at radius 1 is 1.03 bits per heavy atom. The molecule has 1 aromatic carbocycles. The van der Waals surface area contributed by atoms with Gasteiger partial charge in [-0.25, -0.2) is 14.8 Å². The molecule has 0 saturated carbocycles. The number of fused-ring (bicyclic) bond motifs is 2. The molecule has 158 valence electrons. The summed E-state index contributed by atoms with van der Waals surface area (Å²) in [5, 5.41) is 18.6. The average Bonchev–Trinajstić information content (AvgIpc) is 3.42. The molecule has 0 unspecified atom stereocenters. The first kappa shape index (κ1) is 19.8. The standard InChI is InChI=1S/C21H20N6O2S2/c1-2-29-19(28)15-11-30-20(23-15)24-17-12-7-3-4-8-13(12)18(27-26-17)25-21-22-14-9-5-6-10-16(14)31-21/h5-6,9-11H,2-4,7-8H2,1H3,(H,22,25,27)(H,23,24,26). The third kappa shape index (κ3) is 4.08. The van der Waals surface area contributed by atoms with E-state index < -0.39 is 5.97 Å². The highest BCUT2D eigenvalue weighted by Crippen LogP contribution is 2.35. The maximum absolute atomic E-state index is 11.9. The van der Waals surface area contributed by atoms with Gasteiger partial charge in [-0.05, 0) is 44.7 Å². The molecule has 0 aliphatic heterocycles. The molecular weight excluding hydrogens is 432 g/mol. The van der Waals surface area contributed by atoms with Crippen LogP contribution in [0.2, 0.25) is 0 Å². The molecule has 0 fully saturated rings. The van der Waals surface area contributed by atoms with Crippen LogP contribution >= 0.6 is 22.7 Å². The van der Waals surface area contributed by atoms with Crippen molar-refractivity contribution >= 4 is 60.8 Å². The van der Waals surface area contributed by atoms with Crippen molar-refractivity contribution in [3.63, 3.8) is 0 Å². The lowest BCUT2D eigenvalue weighted by Crippen LogP contribution is -2.13. The Labute approximate surface area is 186 Å². The van der Waals surface area contributed by atoms with Crippen molar-refractivity contribution in [3.8, 4) is 0 Å². The highest BCUT2D eigenvalue weighted by Gasteiger charge is 2.22. The lowest BCUT2D eigenvalue weighted by Gasteiger charge is -2.20. The quantitative estimate of drug-likeness (QED) is 0.390. The van der Waals surface area contributed by atoms with Crippen LogP contribution in [0.1, 0.15) is 41.4 Å². The molecule has 4 aromatic rings. The molecule has 10 heteroatoms. The summed E-state index contributed by atoms with van der Waals surface area (Å²) in [6.45, 7) is 2.09. The molecule has 3 heterocycles. The summed E-state index contributed by atoms with van der Waals surface area (Å²) >= 11 is 2.94. The Bertz CT molecular complexity index is 1220. The number of carbonyl (C=O) groups is 1. The van der Waals surface area contributed by atoms with E-state index >= 15 is 0 Å². The van der Waals surface area contributed by atoms with Crippen LogP contribution in [0.3, 0.4) is 0 Å². The molecule has 0 bridgehead atoms. The van der Waals surface area contributed by atoms with Crippen molar-refractivity contribution in [2.24, 2.45) is 0 Å². The van der Waals surface area contributed by atoms with Crippen molar-refractivity contribution in [1.29, 1.82) is 0 Å². The summed E-state index contributed by atoms with van der Waals surface area (Å²) in [5.41, 5.74) is 3.56. The zero-order valence-electron chi connectivity index (χ0n) is 16.8. The molecule has 0 radical (unpaired) electrons. The van der Waals surface area contributed by atoms with E-state index in [1.54, 1.807) is 23.6 Å². The Morgan fingerprint density at radius 3 is 2.45 bits per heavy atom. The number of anilines is 4. The smallest absolute Gasteiger partial charge is 0.357 e. The van der Waals surface area contributed by atoms with Crippen LogP contribution in [0.25, 0.3) is 10.2 Å². The summed E-state index contributed by atoms with van der Waals surface area (Å²) in [4.78, 5) is 20.9. The average molecular weight is 453 g/mol. The number of benzene rings is 1. The van der Waals surface area contributed by atoms with Gasteiger partial charge in [0.2, 0.25) is 0 Å². The van der Waals surface area contributed by atoms with Gasteiger partial charge in [0.15, 0.2) is 27.6 Å². The number of nitrogens with zero attached hydrogens (tertiary/aromatic N) is 4. The van der Waals surface area contributed by atoms with E-state index in [-0.39, 0.29) is 0 Å². The van der Waals surface area contributed by atoms with E-state index in [0.29, 0.717) is 23.3 Å². The first-order chi connectivity index (χ1) is 15.2. The van der Waals surface area contributed by atoms with Crippen LogP contribution in [0.15, 0.2) is 29.6 Å². The maximum atomic E-state index is 11.9. The number of rotatable bonds is 6. The highest BCUT2D eigenvalue weighted by molar-refractivity contribution is 7.22. The van der Waals surface area contributed by atoms with Crippen LogP contribution in [-0.4, -0.2) is 32.7 Å². The van der Waals surface area contributed by atoms with Gasteiger partial charge in [-0.15, -0.1) is 21.5 Å². The minimum absolute atomic E-state index is 0.297. The molecule has 0 amide bonds. The summed E-state index contributed by atoms with van der Waals surface area (Å²) in [6, 6.07) is 8.06. The van der Waals surface area contributed by atoms with Crippen molar-refractivity contribution in [2.45, 2.75) is 32.6 Å². The van der Waals surface area contributed by atoms with Crippen LogP contribution in [0.5, 0.6) is 0 Å². The minimum atomic E-state index is -0.421. The number of carbonyl (C=O) groups excluding carboxylic acids is 1. The largest absolute Gasteiger partial charge is 0.461 e. The van der Waals surface area contributed by atoms with Crippen molar-refractivity contribution in [3.05, 3.63) is 46.5 Å². The Hall–Kier alpha value is -3.11. The molecule has 2 N–H and O–H groups in total. The van der Waals surface area contributed by atoms with Gasteiger partial charge in [-0.3, -0.25) is 0 Å². The SMILES string of the molecule is CCOC(=O)c1csc(Nc2nnc(Nc3nc4ccccc4s3)c3c2CCCC3)n1. The van der Waals surface area contributed by atoms with Crippen molar-refractivity contribution < 1.29 is 9.53 Å². The third-order valence-corrected chi connectivity index (χ3v) is 6.73. The number of nitrogens with one attached hydrogen (secondary N) is 2. The molecular formula is C21H20N6O2S2. The monoisotopic (exact) mass is 452 g/mol. The molecule has 1 aliphatic rings. The van der Waals surface area contributed by atoms with Gasteiger partial charge >= 0.3 is 5.97 Å². The number of hydrogen-bond donors (Lipinski definition) is 2. The second-order valence-corrected chi connectivity index (χ2v) is 8.95. The highest BCUT2D eigenvalue weighted by atomic mass is 32.1. The fourth-order valence-electron chi connectivity index (χ4n) is 3.61. The molecule has 0 atom stereocenters. The molecule has 8 nitrogen and oxygen atoms in total. The summed E-state index contributed by atoms with van der Waals surface area (Å²) in [6.07, 6.45) is 4.05. The van der Waals surface area contributed by atoms with Crippen molar-refractivity contribution in [1.82, 2.24) is 20.2 Å². The zero-order valence-corrected chi connectivity index (χ0v) is 18.5. The number of aromatic nitrogens is 4. The molecule has 0 spiro atoms. The lowest BCUT2D eigenvalue weighted by atomic mass is 9.92. The minimum Gasteiger partial charge on any atom is -0.461 e. The number of ether oxygens (including phenoxy) is 1. The third-order valence-electron chi connectivity index (χ3n) is 5.02. The fourth-order valence-corrected chi connectivity index (χ4v) is 5.15. The van der Waals surface area contributed by atoms with Gasteiger partial charge in [0.1, 0.15) is 0 Å². The second-order valence-electron chi connectivity index (χ2n) is 7.06. The molecule has 3 aromatic heterocycles. The van der Waals surface area contributed by atoms with E-state index in [2.05, 4.69) is 36.9 Å². The number of hydrogen-bond acceptors (Lipinski definition) is 10. The number of thiazole rings is 2. The van der Waals surface area contributed by atoms with E-state index in [1.807, 2.05) is 18.2 Å². The number of esters is 1. The predicted octanol–water partition coefficient (Wildman–Crippen LogP) is 5.09. The Balaban J connectivity index is 1.42. The van der Waals surface area contributed by atoms with Gasteiger partial charge in [0.25, 0.3) is 0 Å². The zero-order chi connectivity index (χ0) is 21.2. The molecule has 5 rings (SSSR count). The Kier molecular flexibility index (Phi) is 5.47. The van der Waals surface area contributed by atoms with Crippen LogP contribution in [0.4, 0.5) is 21.9 Å². The van der Waals surface area contributed by atoms with Gasteiger partial charge in [-0.1, -0.05) is 23.5 Å². The van der Waals surface area contributed by atoms with Gasteiger partial charge in [0, 0.05) is 16.5 Å². The van der Waals surface area contributed by atoms with E-state index in [1.165, 1.54) is 11.3 Å². The van der Waals surface area contributed by atoms with E-state index in [4.69, 9.17) is 4.74 Å². The van der Waals surface area contributed by atoms with Crippen LogP contribution < -0.4 is 10.6 Å². The lowest BCUT2D eigenvalue weighted by molar-refractivity contribution is 0.0520. The summed E-state index contributed by atoms with van der Waals surface area (Å²) in [5.74, 6) is 1.02. The topological polar surface area (TPSA) is 102 Å². The normalized spacial score (nSPS) is 13.1. The van der Waals surface area contributed by atoms with E-state index in [0.717, 1.165) is 58.0 Å². The van der Waals surface area contributed by atoms with Gasteiger partial charge < -0.3 is 15.4 Å². The molecule has 0 saturated heterocycles. The van der Waals surface area contributed by atoms with Crippen molar-refractivity contribution in [2.75, 3.05) is 17.2 Å². The second kappa shape index (κ2) is 8.56. The first-order valence-electron chi connectivity index (χ1n) is 10.1. The maximum Gasteiger partial charge on any atom is 0.357 e. The molecule has 31 heavy (non-hydrogen) atoms. The number of para-hydroxylation sites is 1. The summed E-state index contributed by atoms with van der Waals surface area (Å²) in [7, 11) is 0. The summed E-state index contributed by atoms with van der Waals surface area (Å²) < 4.78 is 6.14. The van der Waals surface area contributed by atoms with Crippen LogP contribution in [0, 0.1) is 0 Å². The predicted molar refractivity (Wildman–Crippen MR) is 123 cm³/mol. The Morgan fingerprint density at radius 2 is 1.74 bits per heavy atom. The first-order valence-corrected chi connectivity index (χ1v) is 11.8. The molecule has 1 aliphatic carbocycles. The fraction of sp³-hybridized carbons (Fsp3) is 0.286. The van der Waals surface area contributed by atoms with Gasteiger partial charge in [0.05, 0.1) is 16.8 Å².